The van der Waals surface area contributed by atoms with E-state index < -0.39 is 28.9 Å². The zero-order valence-corrected chi connectivity index (χ0v) is 26.1. The van der Waals surface area contributed by atoms with Gasteiger partial charge in [0.05, 0.1) is 17.3 Å². The van der Waals surface area contributed by atoms with Crippen LogP contribution in [0.4, 0.5) is 11.4 Å². The molecule has 2 fully saturated rings. The van der Waals surface area contributed by atoms with Crippen molar-refractivity contribution in [1.82, 2.24) is 0 Å². The summed E-state index contributed by atoms with van der Waals surface area (Å²) < 4.78 is 1.02. The molecule has 3 atom stereocenters. The first-order valence-electron chi connectivity index (χ1n) is 14.6. The minimum Gasteiger partial charge on any atom is -0.273 e. The van der Waals surface area contributed by atoms with Crippen LogP contribution in [0.15, 0.2) is 127 Å². The van der Waals surface area contributed by atoms with E-state index in [1.807, 2.05) is 108 Å². The quantitative estimate of drug-likeness (QED) is 0.141. The predicted octanol–water partition coefficient (Wildman–Crippen LogP) is 8.03. The van der Waals surface area contributed by atoms with Crippen LogP contribution in [0, 0.1) is 8.99 Å². The van der Waals surface area contributed by atoms with Gasteiger partial charge < -0.3 is 0 Å². The summed E-state index contributed by atoms with van der Waals surface area (Å²) in [5.74, 6) is -1.53. The molecule has 0 aromatic heterocycles. The third-order valence-electron chi connectivity index (χ3n) is 9.98. The highest BCUT2D eigenvalue weighted by atomic mass is 127. The first-order chi connectivity index (χ1) is 21.5. The van der Waals surface area contributed by atoms with Crippen LogP contribution in [0.5, 0.6) is 0 Å². The summed E-state index contributed by atoms with van der Waals surface area (Å²) in [6.07, 6.45) is 0. The molecule has 2 aliphatic heterocycles. The Morgan fingerprint density at radius 2 is 1.16 bits per heavy atom. The molecule has 0 saturated carbocycles. The first kappa shape index (κ1) is 26.4. The standard InChI is InChI=1S/C37H24ClIN2O3/c38-23-16-14-22(15-17-23)33-36-31-27-10-4-6-12-29(27)32(30-13-7-5-11-28(30)31)37(36,44-41(33)26-8-2-1-3-9-26)35(43)40(34(36)42)25-20-18-24(39)19-21-25/h1-21,31-33H. The molecule has 5 aliphatic rings. The van der Waals surface area contributed by atoms with E-state index in [2.05, 4.69) is 46.9 Å². The lowest BCUT2D eigenvalue weighted by Crippen LogP contribution is -2.63. The Morgan fingerprint density at radius 1 is 0.614 bits per heavy atom. The number of rotatable bonds is 3. The second-order valence-electron chi connectivity index (χ2n) is 11.9. The third kappa shape index (κ3) is 3.08. The summed E-state index contributed by atoms with van der Waals surface area (Å²) in [4.78, 5) is 39.7. The van der Waals surface area contributed by atoms with Gasteiger partial charge in [0.15, 0.2) is 0 Å². The van der Waals surface area contributed by atoms with Gasteiger partial charge in [0.2, 0.25) is 11.5 Å². The molecule has 5 nitrogen and oxygen atoms in total. The number of benzene rings is 5. The number of para-hydroxylation sites is 1. The number of carbonyl (C=O) groups excluding carboxylic acids is 2. The molecule has 214 valence electrons. The van der Waals surface area contributed by atoms with Crippen LogP contribution >= 0.6 is 34.2 Å². The van der Waals surface area contributed by atoms with Crippen LogP contribution in [-0.4, -0.2) is 17.4 Å². The molecule has 2 heterocycles. The fraction of sp³-hybridized carbons (Fsp3) is 0.135. The van der Waals surface area contributed by atoms with Crippen LogP contribution < -0.4 is 9.96 Å². The van der Waals surface area contributed by atoms with Crippen LogP contribution in [0.1, 0.15) is 45.7 Å². The maximum atomic E-state index is 15.6. The van der Waals surface area contributed by atoms with Crippen molar-refractivity contribution in [3.05, 3.63) is 164 Å². The maximum Gasteiger partial charge on any atom is 0.271 e. The zero-order valence-electron chi connectivity index (χ0n) is 23.2. The Kier molecular flexibility index (Phi) is 5.56. The second kappa shape index (κ2) is 9.27. The number of imide groups is 1. The molecule has 2 amide bonds. The van der Waals surface area contributed by atoms with Gasteiger partial charge >= 0.3 is 0 Å². The van der Waals surface area contributed by atoms with Gasteiger partial charge in [-0.05, 0) is 98.9 Å². The smallest absolute Gasteiger partial charge is 0.271 e. The van der Waals surface area contributed by atoms with Gasteiger partial charge in [-0.3, -0.25) is 14.4 Å². The molecular formula is C37H24ClIN2O3. The lowest BCUT2D eigenvalue weighted by molar-refractivity contribution is -0.153. The lowest BCUT2D eigenvalue weighted by Gasteiger charge is -2.55. The number of hydroxylamine groups is 1. The third-order valence-corrected chi connectivity index (χ3v) is 11.0. The topological polar surface area (TPSA) is 49.9 Å². The van der Waals surface area contributed by atoms with E-state index in [0.717, 1.165) is 37.1 Å². The minimum atomic E-state index is -1.54. The Balaban J connectivity index is 1.43. The largest absolute Gasteiger partial charge is 0.273 e. The average molecular weight is 707 g/mol. The molecule has 7 heteroatoms. The van der Waals surface area contributed by atoms with Crippen molar-refractivity contribution in [2.24, 2.45) is 5.41 Å². The van der Waals surface area contributed by atoms with Crippen molar-refractivity contribution in [3.63, 3.8) is 0 Å². The van der Waals surface area contributed by atoms with Gasteiger partial charge in [0.1, 0.15) is 11.5 Å². The summed E-state index contributed by atoms with van der Waals surface area (Å²) in [6, 6.07) is 40.8. The van der Waals surface area contributed by atoms with Crippen molar-refractivity contribution >= 4 is 57.4 Å². The Labute approximate surface area is 273 Å². The molecule has 0 N–H and O–H groups in total. The molecule has 3 unspecified atom stereocenters. The number of halogens is 2. The van der Waals surface area contributed by atoms with E-state index in [4.69, 9.17) is 16.4 Å². The van der Waals surface area contributed by atoms with Crippen molar-refractivity contribution in [3.8, 4) is 0 Å². The van der Waals surface area contributed by atoms with Crippen molar-refractivity contribution in [1.29, 1.82) is 0 Å². The van der Waals surface area contributed by atoms with Crippen molar-refractivity contribution in [2.45, 2.75) is 23.5 Å². The lowest BCUT2D eigenvalue weighted by atomic mass is 9.43. The van der Waals surface area contributed by atoms with Crippen molar-refractivity contribution in [2.75, 3.05) is 9.96 Å². The van der Waals surface area contributed by atoms with Crippen LogP contribution in [0.2, 0.25) is 5.02 Å². The fourth-order valence-electron chi connectivity index (χ4n) is 8.50. The fourth-order valence-corrected chi connectivity index (χ4v) is 8.98. The monoisotopic (exact) mass is 706 g/mol. The molecular weight excluding hydrogens is 683 g/mol. The van der Waals surface area contributed by atoms with E-state index in [9.17, 15) is 0 Å². The molecule has 5 aromatic carbocycles. The highest BCUT2D eigenvalue weighted by Crippen LogP contribution is 2.77. The zero-order chi connectivity index (χ0) is 29.8. The van der Waals surface area contributed by atoms with Gasteiger partial charge in [-0.2, -0.15) is 0 Å². The van der Waals surface area contributed by atoms with Gasteiger partial charge in [-0.1, -0.05) is 90.5 Å². The average Bonchev–Trinajstić information content (AvgIpc) is 3.50. The summed E-state index contributed by atoms with van der Waals surface area (Å²) in [7, 11) is 0. The highest BCUT2D eigenvalue weighted by molar-refractivity contribution is 14.1. The summed E-state index contributed by atoms with van der Waals surface area (Å²) in [5, 5.41) is 2.43. The van der Waals surface area contributed by atoms with Gasteiger partial charge in [0, 0.05) is 14.5 Å². The predicted molar refractivity (Wildman–Crippen MR) is 178 cm³/mol. The van der Waals surface area contributed by atoms with Gasteiger partial charge in [-0.15, -0.1) is 0 Å². The molecule has 10 rings (SSSR count). The van der Waals surface area contributed by atoms with E-state index in [1.165, 1.54) is 4.90 Å². The number of carbonyl (C=O) groups is 2. The Morgan fingerprint density at radius 3 is 1.75 bits per heavy atom. The Bertz CT molecular complexity index is 1950. The van der Waals surface area contributed by atoms with Crippen LogP contribution in [-0.2, 0) is 14.4 Å². The second-order valence-corrected chi connectivity index (χ2v) is 13.5. The molecule has 0 radical (unpaired) electrons. The Hall–Kier alpha value is -3.98. The summed E-state index contributed by atoms with van der Waals surface area (Å²) in [5.41, 5.74) is 3.50. The van der Waals surface area contributed by atoms with E-state index in [-0.39, 0.29) is 11.8 Å². The normalized spacial score (nSPS) is 27.6. The van der Waals surface area contributed by atoms with E-state index in [0.29, 0.717) is 10.7 Å². The molecule has 3 aliphatic carbocycles. The number of nitrogens with zero attached hydrogens (tertiary/aromatic N) is 2. The van der Waals surface area contributed by atoms with Gasteiger partial charge in [0.25, 0.3) is 5.91 Å². The number of hydrogen-bond donors (Lipinski definition) is 0. The van der Waals surface area contributed by atoms with E-state index >= 15 is 9.59 Å². The van der Waals surface area contributed by atoms with Gasteiger partial charge in [-0.25, -0.2) is 9.96 Å². The number of hydrogen-bond acceptors (Lipinski definition) is 4. The highest BCUT2D eigenvalue weighted by Gasteiger charge is 2.87. The molecule has 2 bridgehead atoms. The summed E-state index contributed by atoms with van der Waals surface area (Å²) in [6.45, 7) is 0. The van der Waals surface area contributed by atoms with E-state index in [1.54, 1.807) is 0 Å². The summed E-state index contributed by atoms with van der Waals surface area (Å²) >= 11 is 8.64. The minimum absolute atomic E-state index is 0.249. The van der Waals surface area contributed by atoms with Crippen LogP contribution in [0.25, 0.3) is 0 Å². The number of amides is 2. The SMILES string of the molecule is O=C1N(c2ccc(I)cc2)C(=O)C23C4c5ccccc5C(c5ccccc54)C12ON(c1ccccc1)C3c1ccc(Cl)cc1. The molecule has 44 heavy (non-hydrogen) atoms. The van der Waals surface area contributed by atoms with Crippen molar-refractivity contribution < 1.29 is 14.4 Å². The molecule has 2 saturated heterocycles. The first-order valence-corrected chi connectivity index (χ1v) is 16.0. The van der Waals surface area contributed by atoms with Crippen LogP contribution in [0.3, 0.4) is 0 Å². The number of anilines is 2. The molecule has 5 aromatic rings. The molecule has 0 spiro atoms. The maximum absolute atomic E-state index is 15.6.